The second-order valence-corrected chi connectivity index (χ2v) is 6.46. The molecule has 0 spiro atoms. The summed E-state index contributed by atoms with van der Waals surface area (Å²) in [5.74, 6) is -0.0865. The second kappa shape index (κ2) is 6.11. The molecule has 2 amide bonds. The highest BCUT2D eigenvalue weighted by Crippen LogP contribution is 2.49. The van der Waals surface area contributed by atoms with E-state index in [-0.39, 0.29) is 11.8 Å². The molecule has 0 aromatic heterocycles. The normalized spacial score (nSPS) is 23.0. The molecule has 4 nitrogen and oxygen atoms in total. The van der Waals surface area contributed by atoms with Gasteiger partial charge in [0.1, 0.15) is 5.41 Å². The molecule has 1 saturated carbocycles. The molecule has 0 bridgehead atoms. The SMILES string of the molecule is CCC1CCCCN1C(=O)C1(C(=O)Nc2ccccc2)CC1. The molecule has 1 aromatic carbocycles. The molecule has 118 valence electrons. The minimum atomic E-state index is -0.805. The lowest BCUT2D eigenvalue weighted by molar-refractivity contribution is -0.145. The molecule has 1 aliphatic heterocycles. The van der Waals surface area contributed by atoms with Crippen LogP contribution in [-0.4, -0.2) is 29.3 Å². The quantitative estimate of drug-likeness (QED) is 0.868. The Hall–Kier alpha value is -1.84. The third kappa shape index (κ3) is 2.74. The molecule has 0 radical (unpaired) electrons. The highest BCUT2D eigenvalue weighted by atomic mass is 16.2. The lowest BCUT2D eigenvalue weighted by Gasteiger charge is -2.37. The van der Waals surface area contributed by atoms with Gasteiger partial charge in [-0.3, -0.25) is 9.59 Å². The van der Waals surface area contributed by atoms with E-state index in [4.69, 9.17) is 0 Å². The summed E-state index contributed by atoms with van der Waals surface area (Å²) < 4.78 is 0. The smallest absolute Gasteiger partial charge is 0.240 e. The average molecular weight is 300 g/mol. The predicted molar refractivity (Wildman–Crippen MR) is 86.4 cm³/mol. The zero-order chi connectivity index (χ0) is 15.6. The summed E-state index contributed by atoms with van der Waals surface area (Å²) in [5, 5.41) is 2.91. The topological polar surface area (TPSA) is 49.4 Å². The molecular formula is C18H24N2O2. The number of hydrogen-bond donors (Lipinski definition) is 1. The molecule has 4 heteroatoms. The van der Waals surface area contributed by atoms with Crippen molar-refractivity contribution in [3.8, 4) is 0 Å². The number of amides is 2. The maximum Gasteiger partial charge on any atom is 0.240 e. The van der Waals surface area contributed by atoms with Crippen molar-refractivity contribution >= 4 is 17.5 Å². The van der Waals surface area contributed by atoms with E-state index in [0.29, 0.717) is 18.9 Å². The number of carbonyl (C=O) groups is 2. The lowest BCUT2D eigenvalue weighted by atomic mass is 9.95. The first kappa shape index (κ1) is 15.1. The van der Waals surface area contributed by atoms with E-state index < -0.39 is 5.41 Å². The van der Waals surface area contributed by atoms with Crippen molar-refractivity contribution in [2.75, 3.05) is 11.9 Å². The van der Waals surface area contributed by atoms with Crippen LogP contribution in [-0.2, 0) is 9.59 Å². The van der Waals surface area contributed by atoms with Crippen LogP contribution in [0.2, 0.25) is 0 Å². The zero-order valence-electron chi connectivity index (χ0n) is 13.2. The Morgan fingerprint density at radius 3 is 2.59 bits per heavy atom. The molecule has 1 atom stereocenters. The van der Waals surface area contributed by atoms with Crippen molar-refractivity contribution in [2.24, 2.45) is 5.41 Å². The van der Waals surface area contributed by atoms with Gasteiger partial charge in [0, 0.05) is 18.3 Å². The highest BCUT2D eigenvalue weighted by molar-refractivity contribution is 6.13. The van der Waals surface area contributed by atoms with Gasteiger partial charge in [-0.25, -0.2) is 0 Å². The van der Waals surface area contributed by atoms with Crippen LogP contribution in [0.25, 0.3) is 0 Å². The van der Waals surface area contributed by atoms with E-state index >= 15 is 0 Å². The van der Waals surface area contributed by atoms with Gasteiger partial charge < -0.3 is 10.2 Å². The van der Waals surface area contributed by atoms with Gasteiger partial charge in [-0.05, 0) is 50.7 Å². The second-order valence-electron chi connectivity index (χ2n) is 6.46. The van der Waals surface area contributed by atoms with Gasteiger partial charge in [-0.1, -0.05) is 25.1 Å². The molecule has 1 aliphatic carbocycles. The standard InChI is InChI=1S/C18H24N2O2/c1-2-15-10-6-7-13-20(15)17(22)18(11-12-18)16(21)19-14-8-4-3-5-9-14/h3-5,8-9,15H,2,6-7,10-13H2,1H3,(H,19,21). The summed E-state index contributed by atoms with van der Waals surface area (Å²) >= 11 is 0. The first-order valence-corrected chi connectivity index (χ1v) is 8.35. The summed E-state index contributed by atoms with van der Waals surface area (Å²) in [6, 6.07) is 9.70. The summed E-state index contributed by atoms with van der Waals surface area (Å²) in [7, 11) is 0. The highest BCUT2D eigenvalue weighted by Gasteiger charge is 2.58. The number of benzene rings is 1. The van der Waals surface area contributed by atoms with Gasteiger partial charge in [0.25, 0.3) is 0 Å². The predicted octanol–water partition coefficient (Wildman–Crippen LogP) is 3.20. The summed E-state index contributed by atoms with van der Waals surface area (Å²) in [5.41, 5.74) is -0.0436. The number of likely N-dealkylation sites (tertiary alicyclic amines) is 1. The molecule has 1 aromatic rings. The Morgan fingerprint density at radius 2 is 1.95 bits per heavy atom. The molecule has 2 aliphatic rings. The molecule has 3 rings (SSSR count). The van der Waals surface area contributed by atoms with E-state index in [9.17, 15) is 9.59 Å². The van der Waals surface area contributed by atoms with Gasteiger partial charge >= 0.3 is 0 Å². The van der Waals surface area contributed by atoms with Gasteiger partial charge in [0.2, 0.25) is 11.8 Å². The summed E-state index contributed by atoms with van der Waals surface area (Å²) in [6.07, 6.45) is 5.64. The van der Waals surface area contributed by atoms with Crippen LogP contribution < -0.4 is 5.32 Å². The minimum Gasteiger partial charge on any atom is -0.339 e. The molecule has 22 heavy (non-hydrogen) atoms. The summed E-state index contributed by atoms with van der Waals surface area (Å²) in [6.45, 7) is 2.93. The van der Waals surface area contributed by atoms with E-state index in [2.05, 4.69) is 12.2 Å². The van der Waals surface area contributed by atoms with Crippen LogP contribution in [0.4, 0.5) is 5.69 Å². The maximum absolute atomic E-state index is 12.9. The van der Waals surface area contributed by atoms with Crippen molar-refractivity contribution in [1.29, 1.82) is 0 Å². The maximum atomic E-state index is 12.9. The number of para-hydroxylation sites is 1. The van der Waals surface area contributed by atoms with Crippen LogP contribution in [0.1, 0.15) is 45.4 Å². The van der Waals surface area contributed by atoms with E-state index in [0.717, 1.165) is 31.5 Å². The fraction of sp³-hybridized carbons (Fsp3) is 0.556. The molecule has 1 saturated heterocycles. The van der Waals surface area contributed by atoms with Gasteiger partial charge in [-0.15, -0.1) is 0 Å². The Balaban J connectivity index is 1.72. The number of hydrogen-bond acceptors (Lipinski definition) is 2. The first-order chi connectivity index (χ1) is 10.7. The van der Waals surface area contributed by atoms with Crippen molar-refractivity contribution in [1.82, 2.24) is 4.90 Å². The third-order valence-corrected chi connectivity index (χ3v) is 4.98. The molecular weight excluding hydrogens is 276 g/mol. The van der Waals surface area contributed by atoms with Crippen molar-refractivity contribution in [3.63, 3.8) is 0 Å². The van der Waals surface area contributed by atoms with Crippen molar-refractivity contribution in [2.45, 2.75) is 51.5 Å². The average Bonchev–Trinajstić information content (AvgIpc) is 3.37. The number of carbonyl (C=O) groups excluding carboxylic acids is 2. The van der Waals surface area contributed by atoms with Crippen molar-refractivity contribution in [3.05, 3.63) is 30.3 Å². The van der Waals surface area contributed by atoms with Crippen LogP contribution in [0.5, 0.6) is 0 Å². The fourth-order valence-corrected chi connectivity index (χ4v) is 3.40. The Labute approximate surface area is 131 Å². The minimum absolute atomic E-state index is 0.0486. The Kier molecular flexibility index (Phi) is 4.19. The largest absolute Gasteiger partial charge is 0.339 e. The van der Waals surface area contributed by atoms with Crippen LogP contribution >= 0.6 is 0 Å². The number of anilines is 1. The summed E-state index contributed by atoms with van der Waals surface area (Å²) in [4.78, 5) is 27.5. The van der Waals surface area contributed by atoms with Gasteiger partial charge in [0.05, 0.1) is 0 Å². The lowest BCUT2D eigenvalue weighted by Crippen LogP contribution is -2.49. The first-order valence-electron chi connectivity index (χ1n) is 8.35. The van der Waals surface area contributed by atoms with Crippen LogP contribution in [0, 0.1) is 5.41 Å². The number of nitrogens with zero attached hydrogens (tertiary/aromatic N) is 1. The van der Waals surface area contributed by atoms with E-state index in [1.165, 1.54) is 6.42 Å². The third-order valence-electron chi connectivity index (χ3n) is 4.98. The van der Waals surface area contributed by atoms with Crippen LogP contribution in [0.15, 0.2) is 30.3 Å². The Bertz CT molecular complexity index is 551. The number of rotatable bonds is 4. The molecule has 2 fully saturated rings. The Morgan fingerprint density at radius 1 is 1.23 bits per heavy atom. The fourth-order valence-electron chi connectivity index (χ4n) is 3.40. The number of nitrogens with one attached hydrogen (secondary N) is 1. The van der Waals surface area contributed by atoms with E-state index in [1.807, 2.05) is 35.2 Å². The van der Waals surface area contributed by atoms with Crippen molar-refractivity contribution < 1.29 is 9.59 Å². The van der Waals surface area contributed by atoms with Gasteiger partial charge in [-0.2, -0.15) is 0 Å². The molecule has 1 unspecified atom stereocenters. The van der Waals surface area contributed by atoms with E-state index in [1.54, 1.807) is 0 Å². The van der Waals surface area contributed by atoms with Gasteiger partial charge in [0.15, 0.2) is 0 Å². The van der Waals surface area contributed by atoms with Crippen LogP contribution in [0.3, 0.4) is 0 Å². The monoisotopic (exact) mass is 300 g/mol. The zero-order valence-corrected chi connectivity index (χ0v) is 13.2. The molecule has 1 heterocycles. The number of piperidine rings is 1. The molecule has 1 N–H and O–H groups in total.